The van der Waals surface area contributed by atoms with Crippen LogP contribution in [0.15, 0.2) is 47.6 Å². The van der Waals surface area contributed by atoms with Crippen LogP contribution in [0.4, 0.5) is 5.69 Å². The summed E-state index contributed by atoms with van der Waals surface area (Å²) in [5.74, 6) is -0.461. The van der Waals surface area contributed by atoms with Gasteiger partial charge in [-0.3, -0.25) is 4.79 Å². The van der Waals surface area contributed by atoms with Gasteiger partial charge in [0.05, 0.1) is 6.21 Å². The van der Waals surface area contributed by atoms with Crippen LogP contribution in [0.1, 0.15) is 18.1 Å². The molecule has 23 heavy (non-hydrogen) atoms. The highest BCUT2D eigenvalue weighted by atomic mass is 16.3. The molecule has 6 nitrogen and oxygen atoms in total. The third-order valence-corrected chi connectivity index (χ3v) is 3.30. The second-order valence-electron chi connectivity index (χ2n) is 5.16. The first-order valence-electron chi connectivity index (χ1n) is 7.14. The second kappa shape index (κ2) is 7.31. The van der Waals surface area contributed by atoms with Gasteiger partial charge in [0.25, 0.3) is 5.91 Å². The number of amides is 1. The Bertz CT molecular complexity index is 729. The minimum Gasteiger partial charge on any atom is -0.508 e. The van der Waals surface area contributed by atoms with Crippen molar-refractivity contribution in [1.82, 2.24) is 5.43 Å². The van der Waals surface area contributed by atoms with E-state index in [2.05, 4.69) is 15.8 Å². The average Bonchev–Trinajstić information content (AvgIpc) is 2.51. The summed E-state index contributed by atoms with van der Waals surface area (Å²) in [5, 5.41) is 25.7. The van der Waals surface area contributed by atoms with Gasteiger partial charge < -0.3 is 15.5 Å². The molecule has 0 bridgehead atoms. The Balaban J connectivity index is 1.93. The smallest absolute Gasteiger partial charge is 0.262 e. The lowest BCUT2D eigenvalue weighted by molar-refractivity contribution is -0.121. The largest absolute Gasteiger partial charge is 0.508 e. The lowest BCUT2D eigenvalue weighted by Crippen LogP contribution is -2.35. The minimum absolute atomic E-state index is 0.0419. The van der Waals surface area contributed by atoms with Gasteiger partial charge in [-0.15, -0.1) is 0 Å². The molecule has 0 saturated heterocycles. The third-order valence-electron chi connectivity index (χ3n) is 3.30. The number of phenolic OH excluding ortho intramolecular Hbond substituents is 2. The van der Waals surface area contributed by atoms with E-state index in [1.165, 1.54) is 24.4 Å². The molecular weight excluding hydrogens is 294 g/mol. The summed E-state index contributed by atoms with van der Waals surface area (Å²) >= 11 is 0. The van der Waals surface area contributed by atoms with Crippen molar-refractivity contribution in [2.24, 2.45) is 5.10 Å². The van der Waals surface area contributed by atoms with Crippen molar-refractivity contribution in [1.29, 1.82) is 0 Å². The number of hydrogen-bond donors (Lipinski definition) is 4. The van der Waals surface area contributed by atoms with Crippen LogP contribution in [0.5, 0.6) is 11.5 Å². The van der Waals surface area contributed by atoms with Gasteiger partial charge in [-0.1, -0.05) is 18.2 Å². The molecule has 0 spiro atoms. The summed E-state index contributed by atoms with van der Waals surface area (Å²) in [6, 6.07) is 11.3. The fourth-order valence-corrected chi connectivity index (χ4v) is 1.94. The van der Waals surface area contributed by atoms with Gasteiger partial charge in [-0.25, -0.2) is 5.43 Å². The maximum atomic E-state index is 12.0. The van der Waals surface area contributed by atoms with Crippen LogP contribution in [-0.4, -0.2) is 28.4 Å². The van der Waals surface area contributed by atoms with E-state index in [0.717, 1.165) is 11.3 Å². The van der Waals surface area contributed by atoms with E-state index < -0.39 is 6.04 Å². The fourth-order valence-electron chi connectivity index (χ4n) is 1.94. The molecule has 6 heteroatoms. The predicted octanol–water partition coefficient (Wildman–Crippen LogP) is 2.36. The molecule has 0 aliphatic carbocycles. The number of aryl methyl sites for hydroxylation is 1. The molecule has 0 aliphatic rings. The third kappa shape index (κ3) is 4.47. The highest BCUT2D eigenvalue weighted by molar-refractivity contribution is 5.87. The molecule has 0 radical (unpaired) electrons. The molecule has 120 valence electrons. The summed E-state index contributed by atoms with van der Waals surface area (Å²) in [7, 11) is 0. The summed E-state index contributed by atoms with van der Waals surface area (Å²) < 4.78 is 0. The van der Waals surface area contributed by atoms with E-state index >= 15 is 0 Å². The number of aromatic hydroxyl groups is 2. The summed E-state index contributed by atoms with van der Waals surface area (Å²) in [5.41, 5.74) is 4.73. The van der Waals surface area contributed by atoms with Crippen LogP contribution in [0.2, 0.25) is 0 Å². The second-order valence-corrected chi connectivity index (χ2v) is 5.16. The number of carbonyl (C=O) groups is 1. The van der Waals surface area contributed by atoms with Crippen LogP contribution < -0.4 is 10.7 Å². The van der Waals surface area contributed by atoms with Crippen LogP contribution in [0.25, 0.3) is 0 Å². The Kier molecular flexibility index (Phi) is 5.19. The van der Waals surface area contributed by atoms with Crippen LogP contribution in [0, 0.1) is 6.92 Å². The lowest BCUT2D eigenvalue weighted by atomic mass is 10.2. The topological polar surface area (TPSA) is 94.0 Å². The molecule has 0 aliphatic heterocycles. The number of nitrogens with zero attached hydrogens (tertiary/aromatic N) is 1. The Morgan fingerprint density at radius 1 is 1.22 bits per heavy atom. The molecule has 0 unspecified atom stereocenters. The van der Waals surface area contributed by atoms with Crippen molar-refractivity contribution in [3.05, 3.63) is 53.6 Å². The highest BCUT2D eigenvalue weighted by Crippen LogP contribution is 2.20. The Hall–Kier alpha value is -3.02. The van der Waals surface area contributed by atoms with E-state index in [4.69, 9.17) is 0 Å². The zero-order valence-corrected chi connectivity index (χ0v) is 12.9. The van der Waals surface area contributed by atoms with Crippen LogP contribution >= 0.6 is 0 Å². The number of hydrazone groups is 1. The molecular formula is C17H19N3O3. The van der Waals surface area contributed by atoms with Gasteiger partial charge in [0.15, 0.2) is 0 Å². The number of benzene rings is 2. The number of para-hydroxylation sites is 1. The number of rotatable bonds is 5. The maximum Gasteiger partial charge on any atom is 0.262 e. The van der Waals surface area contributed by atoms with Crippen molar-refractivity contribution in [3.63, 3.8) is 0 Å². The Labute approximate surface area is 134 Å². The molecule has 4 N–H and O–H groups in total. The average molecular weight is 313 g/mol. The number of hydrogen-bond acceptors (Lipinski definition) is 5. The van der Waals surface area contributed by atoms with Crippen molar-refractivity contribution < 1.29 is 15.0 Å². The molecule has 2 rings (SSSR count). The van der Waals surface area contributed by atoms with E-state index in [1.807, 2.05) is 31.2 Å². The Morgan fingerprint density at radius 2 is 1.96 bits per heavy atom. The molecule has 2 aromatic rings. The summed E-state index contributed by atoms with van der Waals surface area (Å²) in [6.07, 6.45) is 1.31. The molecule has 0 aromatic heterocycles. The molecule has 0 heterocycles. The standard InChI is InChI=1S/C17H19N3O3/c1-11-5-3-4-6-15(11)19-12(2)17(23)20-18-10-13-7-8-14(21)9-16(13)22/h3-10,12,19,21-22H,1-2H3,(H,20,23)/b18-10-/t12-/m0/s1. The number of nitrogens with one attached hydrogen (secondary N) is 2. The van der Waals surface area contributed by atoms with Gasteiger partial charge in [-0.2, -0.15) is 5.10 Å². The first-order valence-corrected chi connectivity index (χ1v) is 7.14. The van der Waals surface area contributed by atoms with Gasteiger partial charge in [0, 0.05) is 17.3 Å². The highest BCUT2D eigenvalue weighted by Gasteiger charge is 2.12. The quantitative estimate of drug-likeness (QED) is 0.503. The number of carbonyl (C=O) groups excluding carboxylic acids is 1. The molecule has 1 amide bonds. The normalized spacial score (nSPS) is 12.1. The van der Waals surface area contributed by atoms with Gasteiger partial charge in [-0.05, 0) is 37.6 Å². The fraction of sp³-hybridized carbons (Fsp3) is 0.176. The van der Waals surface area contributed by atoms with Gasteiger partial charge >= 0.3 is 0 Å². The van der Waals surface area contributed by atoms with Crippen LogP contribution in [0.3, 0.4) is 0 Å². The molecule has 0 saturated carbocycles. The maximum absolute atomic E-state index is 12.0. The van der Waals surface area contributed by atoms with Crippen LogP contribution in [-0.2, 0) is 4.79 Å². The molecule has 2 aromatic carbocycles. The summed E-state index contributed by atoms with van der Waals surface area (Å²) in [4.78, 5) is 12.0. The van der Waals surface area contributed by atoms with Crippen molar-refractivity contribution in [2.45, 2.75) is 19.9 Å². The monoisotopic (exact) mass is 313 g/mol. The van der Waals surface area contributed by atoms with Crippen molar-refractivity contribution >= 4 is 17.8 Å². The molecule has 0 fully saturated rings. The van der Waals surface area contributed by atoms with E-state index in [1.54, 1.807) is 6.92 Å². The first-order chi connectivity index (χ1) is 11.0. The number of anilines is 1. The number of phenols is 2. The van der Waals surface area contributed by atoms with Crippen molar-refractivity contribution in [3.8, 4) is 11.5 Å². The SMILES string of the molecule is Cc1ccccc1N[C@@H](C)C(=O)N/N=C\c1ccc(O)cc1O. The minimum atomic E-state index is -0.471. The van der Waals surface area contributed by atoms with E-state index in [9.17, 15) is 15.0 Å². The first kappa shape index (κ1) is 16.4. The molecule has 1 atom stereocenters. The van der Waals surface area contributed by atoms with Gasteiger partial charge in [0.2, 0.25) is 0 Å². The van der Waals surface area contributed by atoms with Gasteiger partial charge in [0.1, 0.15) is 17.5 Å². The Morgan fingerprint density at radius 3 is 2.65 bits per heavy atom. The lowest BCUT2D eigenvalue weighted by Gasteiger charge is -2.15. The van der Waals surface area contributed by atoms with E-state index in [0.29, 0.717) is 5.56 Å². The predicted molar refractivity (Wildman–Crippen MR) is 89.8 cm³/mol. The van der Waals surface area contributed by atoms with Crippen molar-refractivity contribution in [2.75, 3.05) is 5.32 Å². The zero-order chi connectivity index (χ0) is 16.8. The van der Waals surface area contributed by atoms with E-state index in [-0.39, 0.29) is 17.4 Å². The zero-order valence-electron chi connectivity index (χ0n) is 12.9. The summed E-state index contributed by atoms with van der Waals surface area (Å²) in [6.45, 7) is 3.69.